The van der Waals surface area contributed by atoms with E-state index in [-0.39, 0.29) is 12.2 Å². The van der Waals surface area contributed by atoms with Gasteiger partial charge in [0, 0.05) is 5.69 Å². The number of rotatable bonds is 4. The van der Waals surface area contributed by atoms with Crippen molar-refractivity contribution in [3.63, 3.8) is 0 Å². The van der Waals surface area contributed by atoms with Crippen molar-refractivity contribution >= 4 is 17.6 Å². The van der Waals surface area contributed by atoms with Crippen molar-refractivity contribution in [3.05, 3.63) is 46.3 Å². The molecule has 2 aromatic rings. The van der Waals surface area contributed by atoms with E-state index in [1.807, 2.05) is 26.0 Å². The van der Waals surface area contributed by atoms with E-state index in [2.05, 4.69) is 10.5 Å². The van der Waals surface area contributed by atoms with Crippen LogP contribution in [-0.4, -0.2) is 23.6 Å². The summed E-state index contributed by atoms with van der Waals surface area (Å²) in [5.41, 5.74) is 3.59. The fourth-order valence-corrected chi connectivity index (χ4v) is 1.99. The van der Waals surface area contributed by atoms with Gasteiger partial charge in [-0.25, -0.2) is 4.79 Å². The Kier molecular flexibility index (Phi) is 4.60. The summed E-state index contributed by atoms with van der Waals surface area (Å²) in [4.78, 5) is 23.7. The van der Waals surface area contributed by atoms with Gasteiger partial charge >= 0.3 is 5.97 Å². The first kappa shape index (κ1) is 15.8. The first-order valence-corrected chi connectivity index (χ1v) is 6.85. The van der Waals surface area contributed by atoms with E-state index >= 15 is 0 Å². The second-order valence-corrected chi connectivity index (χ2v) is 5.12. The fraction of sp³-hybridized carbons (Fsp3) is 0.312. The second kappa shape index (κ2) is 6.43. The zero-order valence-corrected chi connectivity index (χ0v) is 13.0. The smallest absolute Gasteiger partial charge is 0.344 e. The van der Waals surface area contributed by atoms with Gasteiger partial charge in [0.05, 0.1) is 5.69 Å². The molecule has 1 amide bonds. The van der Waals surface area contributed by atoms with Gasteiger partial charge in [0.25, 0.3) is 5.91 Å². The number of esters is 1. The van der Waals surface area contributed by atoms with E-state index in [1.54, 1.807) is 19.9 Å². The Labute approximate surface area is 128 Å². The topological polar surface area (TPSA) is 81.4 Å². The summed E-state index contributed by atoms with van der Waals surface area (Å²) in [5.74, 6) is -0.646. The number of nitrogens with zero attached hydrogens (tertiary/aromatic N) is 1. The zero-order valence-electron chi connectivity index (χ0n) is 13.0. The summed E-state index contributed by atoms with van der Waals surface area (Å²) in [5, 5.41) is 6.36. The fourth-order valence-electron chi connectivity index (χ4n) is 1.99. The van der Waals surface area contributed by atoms with E-state index < -0.39 is 11.9 Å². The maximum Gasteiger partial charge on any atom is 0.344 e. The van der Waals surface area contributed by atoms with Gasteiger partial charge < -0.3 is 14.6 Å². The standard InChI is InChI=1S/C16H18N2O4/c1-9-5-6-13(7-10(9)2)17-14(19)8-21-16(20)15-11(3)18-22-12(15)4/h5-7H,8H2,1-4H3,(H,17,19). The number of carbonyl (C=O) groups excluding carboxylic acids is 2. The van der Waals surface area contributed by atoms with Gasteiger partial charge in [-0.05, 0) is 51.0 Å². The number of aromatic nitrogens is 1. The van der Waals surface area contributed by atoms with Crippen molar-refractivity contribution in [2.75, 3.05) is 11.9 Å². The Morgan fingerprint density at radius 2 is 1.91 bits per heavy atom. The van der Waals surface area contributed by atoms with Crippen molar-refractivity contribution in [3.8, 4) is 0 Å². The molecule has 1 heterocycles. The minimum Gasteiger partial charge on any atom is -0.452 e. The van der Waals surface area contributed by atoms with E-state index in [4.69, 9.17) is 9.26 Å². The minimum absolute atomic E-state index is 0.263. The number of hydrogen-bond acceptors (Lipinski definition) is 5. The normalized spacial score (nSPS) is 10.4. The molecule has 1 N–H and O–H groups in total. The van der Waals surface area contributed by atoms with E-state index in [0.29, 0.717) is 17.1 Å². The molecular weight excluding hydrogens is 284 g/mol. The molecule has 0 atom stereocenters. The van der Waals surface area contributed by atoms with Crippen molar-refractivity contribution in [1.29, 1.82) is 0 Å². The Hall–Kier alpha value is -2.63. The van der Waals surface area contributed by atoms with Gasteiger partial charge in [0.2, 0.25) is 0 Å². The third-order valence-electron chi connectivity index (χ3n) is 3.36. The van der Waals surface area contributed by atoms with Gasteiger partial charge in [-0.3, -0.25) is 4.79 Å². The maximum absolute atomic E-state index is 11.9. The van der Waals surface area contributed by atoms with Crippen LogP contribution in [0.15, 0.2) is 22.7 Å². The van der Waals surface area contributed by atoms with Gasteiger partial charge in [0.15, 0.2) is 6.61 Å². The van der Waals surface area contributed by atoms with Gasteiger partial charge in [-0.1, -0.05) is 11.2 Å². The van der Waals surface area contributed by atoms with Gasteiger partial charge in [-0.2, -0.15) is 0 Å². The van der Waals surface area contributed by atoms with Crippen LogP contribution >= 0.6 is 0 Å². The van der Waals surface area contributed by atoms with Crippen LogP contribution in [0.2, 0.25) is 0 Å². The molecular formula is C16H18N2O4. The molecule has 2 rings (SSSR count). The van der Waals surface area contributed by atoms with E-state index in [9.17, 15) is 9.59 Å². The Balaban J connectivity index is 1.93. The number of amides is 1. The molecule has 116 valence electrons. The maximum atomic E-state index is 11.9. The highest BCUT2D eigenvalue weighted by Crippen LogP contribution is 2.15. The molecule has 0 saturated carbocycles. The average molecular weight is 302 g/mol. The Morgan fingerprint density at radius 1 is 1.18 bits per heavy atom. The van der Waals surface area contributed by atoms with Gasteiger partial charge in [-0.15, -0.1) is 0 Å². The second-order valence-electron chi connectivity index (χ2n) is 5.12. The summed E-state index contributed by atoms with van der Waals surface area (Å²) in [6.45, 7) is 6.85. The Bertz CT molecular complexity index is 699. The lowest BCUT2D eigenvalue weighted by molar-refractivity contribution is -0.119. The predicted molar refractivity (Wildman–Crippen MR) is 80.8 cm³/mol. The summed E-state index contributed by atoms with van der Waals surface area (Å²) in [7, 11) is 0. The predicted octanol–water partition coefficient (Wildman–Crippen LogP) is 2.70. The van der Waals surface area contributed by atoms with Crippen LogP contribution in [0.5, 0.6) is 0 Å². The number of nitrogens with one attached hydrogen (secondary N) is 1. The number of aryl methyl sites for hydroxylation is 4. The lowest BCUT2D eigenvalue weighted by Gasteiger charge is -2.08. The van der Waals surface area contributed by atoms with Crippen LogP contribution in [0.1, 0.15) is 32.9 Å². The average Bonchev–Trinajstić information content (AvgIpc) is 2.80. The van der Waals surface area contributed by atoms with Crippen molar-refractivity contribution in [2.45, 2.75) is 27.7 Å². The third-order valence-corrected chi connectivity index (χ3v) is 3.36. The van der Waals surface area contributed by atoms with Gasteiger partial charge in [0.1, 0.15) is 11.3 Å². The third kappa shape index (κ3) is 3.52. The number of anilines is 1. The summed E-state index contributed by atoms with van der Waals surface area (Å²) >= 11 is 0. The lowest BCUT2D eigenvalue weighted by atomic mass is 10.1. The molecule has 1 aromatic heterocycles. The minimum atomic E-state index is -0.619. The van der Waals surface area contributed by atoms with Crippen molar-refractivity contribution in [1.82, 2.24) is 5.16 Å². The summed E-state index contributed by atoms with van der Waals surface area (Å²) in [6.07, 6.45) is 0. The SMILES string of the molecule is Cc1ccc(NC(=O)COC(=O)c2c(C)noc2C)cc1C. The monoisotopic (exact) mass is 302 g/mol. The van der Waals surface area contributed by atoms with E-state index in [0.717, 1.165) is 11.1 Å². The number of hydrogen-bond donors (Lipinski definition) is 1. The van der Waals surface area contributed by atoms with Crippen molar-refractivity contribution < 1.29 is 18.8 Å². The quantitative estimate of drug-likeness (QED) is 0.878. The molecule has 0 aliphatic rings. The van der Waals surface area contributed by atoms with E-state index in [1.165, 1.54) is 0 Å². The summed E-state index contributed by atoms with van der Waals surface area (Å²) < 4.78 is 9.88. The van der Waals surface area contributed by atoms with Crippen LogP contribution in [0.4, 0.5) is 5.69 Å². The molecule has 0 saturated heterocycles. The molecule has 0 bridgehead atoms. The molecule has 0 fully saturated rings. The molecule has 1 aromatic carbocycles. The largest absolute Gasteiger partial charge is 0.452 e. The highest BCUT2D eigenvalue weighted by molar-refractivity contribution is 5.96. The van der Waals surface area contributed by atoms with Crippen LogP contribution in [0, 0.1) is 27.7 Å². The number of carbonyl (C=O) groups is 2. The lowest BCUT2D eigenvalue weighted by Crippen LogP contribution is -2.21. The Morgan fingerprint density at radius 3 is 2.50 bits per heavy atom. The molecule has 22 heavy (non-hydrogen) atoms. The molecule has 0 aliphatic carbocycles. The molecule has 6 nitrogen and oxygen atoms in total. The highest BCUT2D eigenvalue weighted by atomic mass is 16.5. The molecule has 6 heteroatoms. The molecule has 0 aliphatic heterocycles. The van der Waals surface area contributed by atoms with Crippen molar-refractivity contribution in [2.24, 2.45) is 0 Å². The molecule has 0 radical (unpaired) electrons. The van der Waals surface area contributed by atoms with Crippen LogP contribution in [-0.2, 0) is 9.53 Å². The first-order chi connectivity index (χ1) is 10.4. The summed E-state index contributed by atoms with van der Waals surface area (Å²) in [6, 6.07) is 5.58. The molecule has 0 unspecified atom stereocenters. The first-order valence-electron chi connectivity index (χ1n) is 6.85. The number of ether oxygens (including phenoxy) is 1. The van der Waals surface area contributed by atoms with Crippen LogP contribution in [0.25, 0.3) is 0 Å². The van der Waals surface area contributed by atoms with Crippen LogP contribution < -0.4 is 5.32 Å². The zero-order chi connectivity index (χ0) is 16.3. The van der Waals surface area contributed by atoms with Crippen LogP contribution in [0.3, 0.4) is 0 Å². The molecule has 0 spiro atoms. The number of benzene rings is 1. The highest BCUT2D eigenvalue weighted by Gasteiger charge is 2.19.